The molecule has 2 aromatic heterocycles. The lowest BCUT2D eigenvalue weighted by Gasteiger charge is -2.32. The fourth-order valence-corrected chi connectivity index (χ4v) is 4.08. The van der Waals surface area contributed by atoms with Gasteiger partial charge in [-0.2, -0.15) is 5.10 Å². The van der Waals surface area contributed by atoms with E-state index in [4.69, 9.17) is 4.74 Å². The lowest BCUT2D eigenvalue weighted by atomic mass is 10.0. The van der Waals surface area contributed by atoms with Crippen molar-refractivity contribution in [1.29, 1.82) is 0 Å². The summed E-state index contributed by atoms with van der Waals surface area (Å²) in [7, 11) is 1.62. The van der Waals surface area contributed by atoms with Gasteiger partial charge in [-0.05, 0) is 38.1 Å². The van der Waals surface area contributed by atoms with Crippen LogP contribution < -0.4 is 15.4 Å². The Morgan fingerprint density at radius 3 is 3.03 bits per heavy atom. The smallest absolute Gasteiger partial charge is 0.280 e. The number of amides is 1. The van der Waals surface area contributed by atoms with E-state index in [0.717, 1.165) is 10.6 Å². The highest BCUT2D eigenvalue weighted by atomic mass is 32.1. The molecule has 1 unspecified atom stereocenters. The van der Waals surface area contributed by atoms with Crippen molar-refractivity contribution in [2.24, 2.45) is 7.05 Å². The number of halogens is 2. The summed E-state index contributed by atoms with van der Waals surface area (Å²) < 4.78 is 35.4. The van der Waals surface area contributed by atoms with Gasteiger partial charge in [0.15, 0.2) is 0 Å². The molecule has 1 amide bonds. The zero-order valence-corrected chi connectivity index (χ0v) is 16.9. The maximum Gasteiger partial charge on any atom is 0.280 e. The molecule has 1 fully saturated rings. The second-order valence-electron chi connectivity index (χ2n) is 7.05. The first-order valence-electron chi connectivity index (χ1n) is 9.23. The Kier molecular flexibility index (Phi) is 5.22. The maximum atomic E-state index is 14.1. The van der Waals surface area contributed by atoms with Crippen molar-refractivity contribution in [2.45, 2.75) is 31.9 Å². The van der Waals surface area contributed by atoms with Gasteiger partial charge in [-0.15, -0.1) is 11.3 Å². The zero-order chi connectivity index (χ0) is 20.6. The number of nitrogens with one attached hydrogen (secondary N) is 2. The molecule has 7 nitrogen and oxygen atoms in total. The van der Waals surface area contributed by atoms with Crippen LogP contribution in [0.2, 0.25) is 0 Å². The van der Waals surface area contributed by atoms with E-state index in [-0.39, 0.29) is 12.1 Å². The van der Waals surface area contributed by atoms with Gasteiger partial charge in [0.2, 0.25) is 0 Å². The fraction of sp³-hybridized carbons (Fsp3) is 0.421. The molecule has 1 atom stereocenters. The molecule has 2 N–H and O–H groups in total. The Labute approximate surface area is 170 Å². The second-order valence-corrected chi connectivity index (χ2v) is 7.99. The molecule has 0 aliphatic carbocycles. The van der Waals surface area contributed by atoms with Crippen LogP contribution in [0.4, 0.5) is 8.78 Å². The molecule has 0 radical (unpaired) electrons. The lowest BCUT2D eigenvalue weighted by molar-refractivity contribution is -0.0488. The molecule has 0 saturated carbocycles. The lowest BCUT2D eigenvalue weighted by Crippen LogP contribution is -2.57. The van der Waals surface area contributed by atoms with Crippen LogP contribution in [-0.2, 0) is 13.7 Å². The zero-order valence-electron chi connectivity index (χ0n) is 16.0. The molecule has 3 heterocycles. The van der Waals surface area contributed by atoms with Crippen LogP contribution in [0.15, 0.2) is 23.7 Å². The van der Waals surface area contributed by atoms with Crippen LogP contribution in [0.3, 0.4) is 0 Å². The molecule has 1 aliphatic heterocycles. The van der Waals surface area contributed by atoms with Gasteiger partial charge < -0.3 is 15.4 Å². The molecule has 1 aromatic carbocycles. The molecular weight excluding hydrogens is 400 g/mol. The largest absolute Gasteiger partial charge is 0.488 e. The van der Waals surface area contributed by atoms with Crippen LogP contribution in [0.25, 0.3) is 10.9 Å². The Bertz CT molecular complexity index is 1050. The fourth-order valence-electron chi connectivity index (χ4n) is 3.39. The Morgan fingerprint density at radius 1 is 1.48 bits per heavy atom. The Hall–Kier alpha value is -2.59. The molecule has 1 aliphatic rings. The number of alkyl halides is 2. The SMILES string of the molecule is Cc1ncsc1COc1ccc2nn(C)c(C(=O)NC3CCNCC3(F)F)c2c1. The van der Waals surface area contributed by atoms with Gasteiger partial charge in [0.05, 0.1) is 34.2 Å². The second kappa shape index (κ2) is 7.68. The van der Waals surface area contributed by atoms with Gasteiger partial charge in [-0.1, -0.05) is 0 Å². The summed E-state index contributed by atoms with van der Waals surface area (Å²) >= 11 is 1.51. The van der Waals surface area contributed by atoms with Crippen molar-refractivity contribution >= 4 is 28.1 Å². The van der Waals surface area contributed by atoms with Crippen molar-refractivity contribution < 1.29 is 18.3 Å². The van der Waals surface area contributed by atoms with E-state index in [1.54, 1.807) is 30.8 Å². The van der Waals surface area contributed by atoms with Gasteiger partial charge in [-0.3, -0.25) is 9.48 Å². The quantitative estimate of drug-likeness (QED) is 0.662. The highest BCUT2D eigenvalue weighted by Crippen LogP contribution is 2.27. The minimum absolute atomic E-state index is 0.164. The van der Waals surface area contributed by atoms with Crippen LogP contribution in [0.5, 0.6) is 5.75 Å². The number of benzene rings is 1. The molecule has 10 heteroatoms. The predicted molar refractivity (Wildman–Crippen MR) is 106 cm³/mol. The molecular formula is C19H21F2N5O2S. The normalized spacial score (nSPS) is 18.7. The van der Waals surface area contributed by atoms with E-state index in [0.29, 0.717) is 29.8 Å². The highest BCUT2D eigenvalue weighted by molar-refractivity contribution is 7.09. The number of ether oxygens (including phenoxy) is 1. The number of thiazole rings is 1. The first-order valence-corrected chi connectivity index (χ1v) is 10.1. The van der Waals surface area contributed by atoms with Gasteiger partial charge in [-0.25, -0.2) is 13.8 Å². The summed E-state index contributed by atoms with van der Waals surface area (Å²) in [5.74, 6) is -3.00. The molecule has 0 spiro atoms. The summed E-state index contributed by atoms with van der Waals surface area (Å²) in [6.07, 6.45) is 0.164. The monoisotopic (exact) mass is 421 g/mol. The summed E-state index contributed by atoms with van der Waals surface area (Å²) in [6, 6.07) is 4.03. The van der Waals surface area contributed by atoms with E-state index < -0.39 is 24.4 Å². The number of carbonyl (C=O) groups is 1. The number of fused-ring (bicyclic) bond motifs is 1. The number of hydrogen-bond acceptors (Lipinski definition) is 6. The molecule has 1 saturated heterocycles. The third-order valence-corrected chi connectivity index (χ3v) is 5.93. The average molecular weight is 421 g/mol. The average Bonchev–Trinajstić information content (AvgIpc) is 3.23. The van der Waals surface area contributed by atoms with Crippen LogP contribution in [-0.4, -0.2) is 45.7 Å². The van der Waals surface area contributed by atoms with Gasteiger partial charge in [0.1, 0.15) is 18.1 Å². The summed E-state index contributed by atoms with van der Waals surface area (Å²) in [4.78, 5) is 18.0. The van der Waals surface area contributed by atoms with E-state index in [9.17, 15) is 13.6 Å². The van der Waals surface area contributed by atoms with E-state index in [2.05, 4.69) is 20.7 Å². The van der Waals surface area contributed by atoms with Crippen molar-refractivity contribution in [2.75, 3.05) is 13.1 Å². The number of nitrogens with zero attached hydrogens (tertiary/aromatic N) is 3. The molecule has 154 valence electrons. The topological polar surface area (TPSA) is 81.1 Å². The third kappa shape index (κ3) is 3.95. The minimum atomic E-state index is -3.00. The standard InChI is InChI=1S/C19H21F2N5O2S/c1-11-15(29-10-23-11)8-28-12-3-4-14-13(7-12)17(26(2)25-14)18(27)24-16-5-6-22-9-19(16,20)21/h3-4,7,10,16,22H,5-6,8-9H2,1-2H3,(H,24,27). The number of hydrogen-bond donors (Lipinski definition) is 2. The molecule has 4 rings (SSSR count). The number of rotatable bonds is 5. The van der Waals surface area contributed by atoms with Crippen molar-refractivity contribution in [3.05, 3.63) is 40.0 Å². The minimum Gasteiger partial charge on any atom is -0.488 e. The third-order valence-electron chi connectivity index (χ3n) is 5.02. The molecule has 3 aromatic rings. The maximum absolute atomic E-state index is 14.1. The van der Waals surface area contributed by atoms with Gasteiger partial charge in [0.25, 0.3) is 11.8 Å². The molecule has 0 bridgehead atoms. The van der Waals surface area contributed by atoms with E-state index in [1.165, 1.54) is 16.0 Å². The first-order chi connectivity index (χ1) is 13.8. The van der Waals surface area contributed by atoms with Crippen molar-refractivity contribution in [3.8, 4) is 5.75 Å². The first kappa shape index (κ1) is 19.7. The highest BCUT2D eigenvalue weighted by Gasteiger charge is 2.42. The van der Waals surface area contributed by atoms with Crippen LogP contribution >= 0.6 is 11.3 Å². The number of aromatic nitrogens is 3. The Balaban J connectivity index is 1.57. The number of carbonyl (C=O) groups excluding carboxylic acids is 1. The Morgan fingerprint density at radius 2 is 2.31 bits per heavy atom. The van der Waals surface area contributed by atoms with Crippen LogP contribution in [0, 0.1) is 6.92 Å². The van der Waals surface area contributed by atoms with Crippen molar-refractivity contribution in [3.63, 3.8) is 0 Å². The summed E-state index contributed by atoms with van der Waals surface area (Å²) in [6.45, 7) is 2.27. The van der Waals surface area contributed by atoms with Crippen molar-refractivity contribution in [1.82, 2.24) is 25.4 Å². The van der Waals surface area contributed by atoms with E-state index in [1.807, 2.05) is 6.92 Å². The molecule has 29 heavy (non-hydrogen) atoms. The summed E-state index contributed by atoms with van der Waals surface area (Å²) in [5, 5.41) is 10.0. The predicted octanol–water partition coefficient (Wildman–Crippen LogP) is 2.64. The number of piperidine rings is 1. The van der Waals surface area contributed by atoms with E-state index >= 15 is 0 Å². The van der Waals surface area contributed by atoms with Gasteiger partial charge >= 0.3 is 0 Å². The van der Waals surface area contributed by atoms with Crippen LogP contribution in [0.1, 0.15) is 27.5 Å². The summed E-state index contributed by atoms with van der Waals surface area (Å²) in [5.41, 5.74) is 3.50. The number of aryl methyl sites for hydroxylation is 2. The van der Waals surface area contributed by atoms with Gasteiger partial charge in [0, 0.05) is 12.4 Å².